The van der Waals surface area contributed by atoms with Crippen molar-refractivity contribution in [3.63, 3.8) is 0 Å². The van der Waals surface area contributed by atoms with Gasteiger partial charge in [-0.15, -0.1) is 0 Å². The summed E-state index contributed by atoms with van der Waals surface area (Å²) in [6.45, 7) is 9.55. The summed E-state index contributed by atoms with van der Waals surface area (Å²) < 4.78 is 2.05. The van der Waals surface area contributed by atoms with Crippen molar-refractivity contribution in [3.05, 3.63) is 29.3 Å². The molecule has 0 aliphatic heterocycles. The lowest BCUT2D eigenvalue weighted by Gasteiger charge is -2.14. The van der Waals surface area contributed by atoms with Crippen LogP contribution in [-0.4, -0.2) is 32.1 Å². The number of rotatable bonds is 6. The van der Waals surface area contributed by atoms with Crippen LogP contribution < -0.4 is 5.32 Å². The first-order chi connectivity index (χ1) is 9.47. The number of fused-ring (bicyclic) bond motifs is 1. The highest BCUT2D eigenvalue weighted by atomic mass is 16.3. The Hall–Kier alpha value is -1.46. The molecule has 2 aromatic rings. The van der Waals surface area contributed by atoms with Gasteiger partial charge in [-0.3, -0.25) is 4.40 Å². The predicted molar refractivity (Wildman–Crippen MR) is 79.6 cm³/mol. The number of aromatic nitrogens is 3. The van der Waals surface area contributed by atoms with Gasteiger partial charge in [-0.1, -0.05) is 13.8 Å². The Kier molecular flexibility index (Phi) is 4.73. The molecule has 5 heteroatoms. The van der Waals surface area contributed by atoms with Gasteiger partial charge in [-0.2, -0.15) is 0 Å². The van der Waals surface area contributed by atoms with Crippen molar-refractivity contribution < 1.29 is 5.11 Å². The zero-order valence-electron chi connectivity index (χ0n) is 12.7. The van der Waals surface area contributed by atoms with Crippen LogP contribution in [0.2, 0.25) is 0 Å². The van der Waals surface area contributed by atoms with Gasteiger partial charge in [0.1, 0.15) is 0 Å². The van der Waals surface area contributed by atoms with Crippen LogP contribution >= 0.6 is 0 Å². The van der Waals surface area contributed by atoms with Gasteiger partial charge >= 0.3 is 0 Å². The summed E-state index contributed by atoms with van der Waals surface area (Å²) in [4.78, 5) is 8.75. The van der Waals surface area contributed by atoms with Gasteiger partial charge in [0.2, 0.25) is 5.78 Å². The molecule has 20 heavy (non-hydrogen) atoms. The van der Waals surface area contributed by atoms with Gasteiger partial charge in [0.15, 0.2) is 0 Å². The summed E-state index contributed by atoms with van der Waals surface area (Å²) in [6, 6.07) is 2.05. The first kappa shape index (κ1) is 14.9. The van der Waals surface area contributed by atoms with Gasteiger partial charge in [0.05, 0.1) is 18.0 Å². The van der Waals surface area contributed by atoms with Crippen molar-refractivity contribution in [1.29, 1.82) is 0 Å². The molecule has 1 atom stereocenters. The number of nitrogens with zero attached hydrogens (tertiary/aromatic N) is 3. The summed E-state index contributed by atoms with van der Waals surface area (Å²) in [6.07, 6.45) is 2.37. The van der Waals surface area contributed by atoms with Crippen molar-refractivity contribution in [2.45, 2.75) is 46.8 Å². The van der Waals surface area contributed by atoms with E-state index in [9.17, 15) is 5.11 Å². The molecule has 0 saturated carbocycles. The third-order valence-electron chi connectivity index (χ3n) is 3.29. The lowest BCUT2D eigenvalue weighted by atomic mass is 10.1. The van der Waals surface area contributed by atoms with E-state index in [2.05, 4.69) is 40.5 Å². The molecule has 0 fully saturated rings. The second kappa shape index (κ2) is 6.33. The first-order valence-electron chi connectivity index (χ1n) is 7.16. The number of aliphatic hydroxyl groups excluding tert-OH is 1. The van der Waals surface area contributed by atoms with E-state index >= 15 is 0 Å². The maximum Gasteiger partial charge on any atom is 0.234 e. The fraction of sp³-hybridized carbons (Fsp3) is 0.600. The maximum atomic E-state index is 9.86. The van der Waals surface area contributed by atoms with Crippen LogP contribution in [0.3, 0.4) is 0 Å². The Bertz CT molecular complexity index is 577. The van der Waals surface area contributed by atoms with Crippen molar-refractivity contribution in [2.24, 2.45) is 5.92 Å². The van der Waals surface area contributed by atoms with Gasteiger partial charge in [-0.05, 0) is 32.3 Å². The van der Waals surface area contributed by atoms with Gasteiger partial charge in [0, 0.05) is 24.5 Å². The second-order valence-electron chi connectivity index (χ2n) is 5.84. The lowest BCUT2D eigenvalue weighted by Crippen LogP contribution is -2.28. The largest absolute Gasteiger partial charge is 0.392 e. The minimum Gasteiger partial charge on any atom is -0.392 e. The zero-order valence-corrected chi connectivity index (χ0v) is 12.7. The van der Waals surface area contributed by atoms with Gasteiger partial charge < -0.3 is 10.4 Å². The molecule has 2 heterocycles. The fourth-order valence-electron chi connectivity index (χ4n) is 2.52. The Labute approximate surface area is 120 Å². The zero-order chi connectivity index (χ0) is 14.7. The molecule has 0 aliphatic rings. The molecule has 0 saturated heterocycles. The summed E-state index contributed by atoms with van der Waals surface area (Å²) in [5.74, 6) is 1.25. The molecule has 0 bridgehead atoms. The highest BCUT2D eigenvalue weighted by Crippen LogP contribution is 2.10. The third kappa shape index (κ3) is 3.55. The second-order valence-corrected chi connectivity index (χ2v) is 5.84. The number of aliphatic hydroxyl groups is 1. The minimum atomic E-state index is -0.296. The van der Waals surface area contributed by atoms with Crippen LogP contribution in [-0.2, 0) is 6.54 Å². The van der Waals surface area contributed by atoms with Crippen LogP contribution in [0.25, 0.3) is 5.78 Å². The molecule has 5 nitrogen and oxygen atoms in total. The topological polar surface area (TPSA) is 62.5 Å². The Morgan fingerprint density at radius 2 is 2.10 bits per heavy atom. The molecule has 2 N–H and O–H groups in total. The third-order valence-corrected chi connectivity index (χ3v) is 3.29. The van der Waals surface area contributed by atoms with Gasteiger partial charge in [0.25, 0.3) is 0 Å². The number of imidazole rings is 1. The predicted octanol–water partition coefficient (Wildman–Crippen LogP) is 1.84. The highest BCUT2D eigenvalue weighted by Gasteiger charge is 2.09. The molecule has 0 aromatic carbocycles. The van der Waals surface area contributed by atoms with E-state index in [0.717, 1.165) is 29.3 Å². The molecule has 0 spiro atoms. The summed E-state index contributed by atoms with van der Waals surface area (Å²) >= 11 is 0. The van der Waals surface area contributed by atoms with Crippen molar-refractivity contribution in [1.82, 2.24) is 19.7 Å². The average Bonchev–Trinajstić information content (AvgIpc) is 2.71. The normalized spacial score (nSPS) is 13.3. The summed E-state index contributed by atoms with van der Waals surface area (Å²) in [5, 5.41) is 13.1. The molecule has 0 amide bonds. The molecule has 0 radical (unpaired) electrons. The Morgan fingerprint density at radius 3 is 2.80 bits per heavy atom. The Balaban J connectivity index is 2.00. The number of hydrogen-bond acceptors (Lipinski definition) is 4. The number of hydrogen-bond donors (Lipinski definition) is 2. The van der Waals surface area contributed by atoms with Crippen LogP contribution in [0.5, 0.6) is 0 Å². The quantitative estimate of drug-likeness (QED) is 0.845. The van der Waals surface area contributed by atoms with E-state index in [1.165, 1.54) is 0 Å². The number of aryl methyl sites for hydroxylation is 2. The van der Waals surface area contributed by atoms with E-state index in [4.69, 9.17) is 0 Å². The molecule has 110 valence electrons. The van der Waals surface area contributed by atoms with E-state index < -0.39 is 0 Å². The van der Waals surface area contributed by atoms with Crippen LogP contribution in [0, 0.1) is 19.8 Å². The molecule has 1 unspecified atom stereocenters. The van der Waals surface area contributed by atoms with Crippen molar-refractivity contribution in [3.8, 4) is 0 Å². The maximum absolute atomic E-state index is 9.86. The minimum absolute atomic E-state index is 0.296. The van der Waals surface area contributed by atoms with Crippen molar-refractivity contribution in [2.75, 3.05) is 6.54 Å². The van der Waals surface area contributed by atoms with Crippen LogP contribution in [0.4, 0.5) is 0 Å². The number of nitrogens with one attached hydrogen (secondary N) is 1. The monoisotopic (exact) mass is 276 g/mol. The van der Waals surface area contributed by atoms with Crippen LogP contribution in [0.15, 0.2) is 12.3 Å². The molecular weight excluding hydrogens is 252 g/mol. The average molecular weight is 276 g/mol. The van der Waals surface area contributed by atoms with E-state index in [1.54, 1.807) is 0 Å². The summed E-state index contributed by atoms with van der Waals surface area (Å²) in [5.41, 5.74) is 3.18. The SMILES string of the molecule is Cc1cc(C)n2c(CNCC(O)CC(C)C)cnc2n1. The lowest BCUT2D eigenvalue weighted by molar-refractivity contribution is 0.146. The van der Waals surface area contributed by atoms with E-state index in [0.29, 0.717) is 19.0 Å². The summed E-state index contributed by atoms with van der Waals surface area (Å²) in [7, 11) is 0. The standard InChI is InChI=1S/C15H24N4O/c1-10(2)5-14(20)9-16-7-13-8-17-15-18-11(3)6-12(4)19(13)15/h6,8,10,14,16,20H,5,7,9H2,1-4H3. The molecule has 0 aliphatic carbocycles. The first-order valence-corrected chi connectivity index (χ1v) is 7.16. The molecule has 2 rings (SSSR count). The van der Waals surface area contributed by atoms with Gasteiger partial charge in [-0.25, -0.2) is 9.97 Å². The smallest absolute Gasteiger partial charge is 0.234 e. The molecular formula is C15H24N4O. The molecule has 2 aromatic heterocycles. The van der Waals surface area contributed by atoms with E-state index in [-0.39, 0.29) is 6.10 Å². The van der Waals surface area contributed by atoms with E-state index in [1.807, 2.05) is 19.2 Å². The van der Waals surface area contributed by atoms with Crippen molar-refractivity contribution >= 4 is 5.78 Å². The Morgan fingerprint density at radius 1 is 1.35 bits per heavy atom. The fourth-order valence-corrected chi connectivity index (χ4v) is 2.52. The van der Waals surface area contributed by atoms with Crippen LogP contribution in [0.1, 0.15) is 37.4 Å². The highest BCUT2D eigenvalue weighted by molar-refractivity contribution is 5.35.